The van der Waals surface area contributed by atoms with Gasteiger partial charge < -0.3 is 11.1 Å². The first-order valence-electron chi connectivity index (χ1n) is 3.38. The first-order valence-corrected chi connectivity index (χ1v) is 4.18. The largest absolute Gasteiger partial charge is 0.397 e. The molecule has 1 aromatic rings. The standard InChI is InChI=1S/C8H11BrN2/c1-5-3-7(10)8(11-2)4-6(5)9/h3-4,11H,10H2,1-2H3. The Morgan fingerprint density at radius 2 is 2.09 bits per heavy atom. The second kappa shape index (κ2) is 3.13. The van der Waals surface area contributed by atoms with Crippen LogP contribution in [0.1, 0.15) is 5.56 Å². The molecule has 0 fully saturated rings. The molecule has 0 saturated carbocycles. The Morgan fingerprint density at radius 3 is 2.64 bits per heavy atom. The van der Waals surface area contributed by atoms with Crippen LogP contribution in [0.4, 0.5) is 11.4 Å². The number of halogens is 1. The molecule has 0 atom stereocenters. The normalized spacial score (nSPS) is 9.73. The van der Waals surface area contributed by atoms with E-state index in [1.165, 1.54) is 0 Å². The van der Waals surface area contributed by atoms with E-state index in [9.17, 15) is 0 Å². The number of nitrogen functional groups attached to an aromatic ring is 1. The number of benzene rings is 1. The van der Waals surface area contributed by atoms with Gasteiger partial charge in [0.1, 0.15) is 0 Å². The summed E-state index contributed by atoms with van der Waals surface area (Å²) in [6, 6.07) is 3.92. The fourth-order valence-electron chi connectivity index (χ4n) is 0.920. The molecule has 0 saturated heterocycles. The zero-order valence-corrected chi connectivity index (χ0v) is 8.20. The Bertz CT molecular complexity index is 271. The summed E-state index contributed by atoms with van der Waals surface area (Å²) in [7, 11) is 1.85. The number of nitrogens with two attached hydrogens (primary N) is 1. The van der Waals surface area contributed by atoms with Gasteiger partial charge in [-0.25, -0.2) is 0 Å². The van der Waals surface area contributed by atoms with Crippen LogP contribution >= 0.6 is 15.9 Å². The van der Waals surface area contributed by atoms with Crippen molar-refractivity contribution in [3.8, 4) is 0 Å². The number of hydrogen-bond acceptors (Lipinski definition) is 2. The fourth-order valence-corrected chi connectivity index (χ4v) is 1.26. The quantitative estimate of drug-likeness (QED) is 0.706. The van der Waals surface area contributed by atoms with E-state index in [2.05, 4.69) is 21.2 Å². The van der Waals surface area contributed by atoms with Crippen LogP contribution in [0.25, 0.3) is 0 Å². The predicted octanol–water partition coefficient (Wildman–Crippen LogP) is 2.38. The fraction of sp³-hybridized carbons (Fsp3) is 0.250. The van der Waals surface area contributed by atoms with Gasteiger partial charge in [-0.05, 0) is 24.6 Å². The highest BCUT2D eigenvalue weighted by Gasteiger charge is 2.00. The van der Waals surface area contributed by atoms with Crippen LogP contribution in [0.3, 0.4) is 0 Å². The third kappa shape index (κ3) is 1.66. The molecule has 0 aliphatic carbocycles. The number of nitrogens with one attached hydrogen (secondary N) is 1. The van der Waals surface area contributed by atoms with Gasteiger partial charge in [0.25, 0.3) is 0 Å². The Kier molecular flexibility index (Phi) is 2.39. The molecule has 0 bridgehead atoms. The molecule has 60 valence electrons. The van der Waals surface area contributed by atoms with Gasteiger partial charge in [-0.3, -0.25) is 0 Å². The van der Waals surface area contributed by atoms with E-state index >= 15 is 0 Å². The maximum Gasteiger partial charge on any atom is 0.0582 e. The highest BCUT2D eigenvalue weighted by Crippen LogP contribution is 2.26. The van der Waals surface area contributed by atoms with Crippen molar-refractivity contribution < 1.29 is 0 Å². The summed E-state index contributed by atoms with van der Waals surface area (Å²) in [6.07, 6.45) is 0. The second-order valence-corrected chi connectivity index (χ2v) is 3.29. The van der Waals surface area contributed by atoms with Gasteiger partial charge >= 0.3 is 0 Å². The van der Waals surface area contributed by atoms with Crippen molar-refractivity contribution in [3.63, 3.8) is 0 Å². The van der Waals surface area contributed by atoms with Crippen molar-refractivity contribution in [1.29, 1.82) is 0 Å². The Labute approximate surface area is 74.9 Å². The lowest BCUT2D eigenvalue weighted by Crippen LogP contribution is -1.96. The van der Waals surface area contributed by atoms with Gasteiger partial charge in [0.15, 0.2) is 0 Å². The van der Waals surface area contributed by atoms with Gasteiger partial charge in [-0.2, -0.15) is 0 Å². The lowest BCUT2D eigenvalue weighted by atomic mass is 10.2. The molecular formula is C8H11BrN2. The lowest BCUT2D eigenvalue weighted by Gasteiger charge is -2.06. The average molecular weight is 215 g/mol. The van der Waals surface area contributed by atoms with Crippen molar-refractivity contribution in [3.05, 3.63) is 22.2 Å². The van der Waals surface area contributed by atoms with E-state index in [0.717, 1.165) is 21.4 Å². The molecular weight excluding hydrogens is 204 g/mol. The van der Waals surface area contributed by atoms with Crippen LogP contribution in [-0.2, 0) is 0 Å². The molecule has 0 heterocycles. The van der Waals surface area contributed by atoms with E-state index in [0.29, 0.717) is 0 Å². The van der Waals surface area contributed by atoms with Crippen molar-refractivity contribution >= 4 is 27.3 Å². The first-order chi connectivity index (χ1) is 5.15. The summed E-state index contributed by atoms with van der Waals surface area (Å²) in [6.45, 7) is 2.01. The molecule has 0 radical (unpaired) electrons. The van der Waals surface area contributed by atoms with Crippen LogP contribution in [0.15, 0.2) is 16.6 Å². The van der Waals surface area contributed by atoms with Gasteiger partial charge in [0, 0.05) is 11.5 Å². The molecule has 0 unspecified atom stereocenters. The minimum atomic E-state index is 0.785. The molecule has 0 aliphatic rings. The predicted molar refractivity (Wildman–Crippen MR) is 52.8 cm³/mol. The zero-order valence-electron chi connectivity index (χ0n) is 6.61. The molecule has 2 nitrogen and oxygen atoms in total. The molecule has 3 N–H and O–H groups in total. The topological polar surface area (TPSA) is 38.0 Å². The molecule has 0 aromatic heterocycles. The van der Waals surface area contributed by atoms with Crippen LogP contribution < -0.4 is 11.1 Å². The van der Waals surface area contributed by atoms with Crippen molar-refractivity contribution in [2.45, 2.75) is 6.92 Å². The second-order valence-electron chi connectivity index (χ2n) is 2.44. The zero-order chi connectivity index (χ0) is 8.43. The molecule has 0 spiro atoms. The van der Waals surface area contributed by atoms with E-state index < -0.39 is 0 Å². The van der Waals surface area contributed by atoms with E-state index in [1.54, 1.807) is 0 Å². The van der Waals surface area contributed by atoms with Crippen LogP contribution in [0.2, 0.25) is 0 Å². The summed E-state index contributed by atoms with van der Waals surface area (Å²) < 4.78 is 1.08. The van der Waals surface area contributed by atoms with Gasteiger partial charge in [-0.1, -0.05) is 15.9 Å². The van der Waals surface area contributed by atoms with Gasteiger partial charge in [0.2, 0.25) is 0 Å². The minimum Gasteiger partial charge on any atom is -0.397 e. The Morgan fingerprint density at radius 1 is 1.45 bits per heavy atom. The number of rotatable bonds is 1. The Balaban J connectivity index is 3.21. The molecule has 11 heavy (non-hydrogen) atoms. The van der Waals surface area contributed by atoms with Gasteiger partial charge in [-0.15, -0.1) is 0 Å². The smallest absolute Gasteiger partial charge is 0.0582 e. The average Bonchev–Trinajstić information content (AvgIpc) is 1.97. The monoisotopic (exact) mass is 214 g/mol. The third-order valence-corrected chi connectivity index (χ3v) is 2.45. The van der Waals surface area contributed by atoms with E-state index in [4.69, 9.17) is 5.73 Å². The van der Waals surface area contributed by atoms with E-state index in [-0.39, 0.29) is 0 Å². The molecule has 3 heteroatoms. The van der Waals surface area contributed by atoms with Crippen molar-refractivity contribution in [1.82, 2.24) is 0 Å². The highest BCUT2D eigenvalue weighted by atomic mass is 79.9. The molecule has 0 amide bonds. The van der Waals surface area contributed by atoms with E-state index in [1.807, 2.05) is 26.1 Å². The lowest BCUT2D eigenvalue weighted by molar-refractivity contribution is 1.41. The number of anilines is 2. The summed E-state index contributed by atoms with van der Waals surface area (Å²) in [5.74, 6) is 0. The summed E-state index contributed by atoms with van der Waals surface area (Å²) >= 11 is 3.43. The highest BCUT2D eigenvalue weighted by molar-refractivity contribution is 9.10. The third-order valence-electron chi connectivity index (χ3n) is 1.60. The number of hydrogen-bond donors (Lipinski definition) is 2. The van der Waals surface area contributed by atoms with Gasteiger partial charge in [0.05, 0.1) is 11.4 Å². The molecule has 1 aromatic carbocycles. The van der Waals surface area contributed by atoms with Crippen LogP contribution in [-0.4, -0.2) is 7.05 Å². The van der Waals surface area contributed by atoms with Crippen LogP contribution in [0, 0.1) is 6.92 Å². The summed E-state index contributed by atoms with van der Waals surface area (Å²) in [4.78, 5) is 0. The Hall–Kier alpha value is -0.700. The maximum absolute atomic E-state index is 5.72. The summed E-state index contributed by atoms with van der Waals surface area (Å²) in [5, 5.41) is 3.01. The maximum atomic E-state index is 5.72. The number of aryl methyl sites for hydroxylation is 1. The summed E-state index contributed by atoms with van der Waals surface area (Å²) in [5.41, 5.74) is 8.62. The SMILES string of the molecule is CNc1cc(Br)c(C)cc1N. The van der Waals surface area contributed by atoms with Crippen LogP contribution in [0.5, 0.6) is 0 Å². The van der Waals surface area contributed by atoms with Crippen molar-refractivity contribution in [2.75, 3.05) is 18.1 Å². The van der Waals surface area contributed by atoms with Crippen molar-refractivity contribution in [2.24, 2.45) is 0 Å². The minimum absolute atomic E-state index is 0.785. The molecule has 0 aliphatic heterocycles. The first kappa shape index (κ1) is 8.40. The molecule has 1 rings (SSSR count).